The molecule has 7 heteroatoms. The molecule has 2 N–H and O–H groups in total. The zero-order valence-corrected chi connectivity index (χ0v) is 17.4. The third-order valence-corrected chi connectivity index (χ3v) is 5.07. The van der Waals surface area contributed by atoms with E-state index in [1.54, 1.807) is 6.26 Å². The predicted octanol–water partition coefficient (Wildman–Crippen LogP) is 2.95. The van der Waals surface area contributed by atoms with Crippen LogP contribution in [0.4, 0.5) is 0 Å². The number of halogens is 1. The van der Waals surface area contributed by atoms with Gasteiger partial charge in [0.15, 0.2) is 5.96 Å². The van der Waals surface area contributed by atoms with Crippen molar-refractivity contribution < 1.29 is 4.42 Å². The van der Waals surface area contributed by atoms with E-state index >= 15 is 0 Å². The molecule has 0 radical (unpaired) electrons. The molecule has 2 atom stereocenters. The first-order chi connectivity index (χ1) is 10.7. The van der Waals surface area contributed by atoms with Gasteiger partial charge in [0.05, 0.1) is 12.3 Å². The van der Waals surface area contributed by atoms with Gasteiger partial charge in [-0.05, 0) is 44.3 Å². The van der Waals surface area contributed by atoms with Gasteiger partial charge in [-0.2, -0.15) is 11.8 Å². The third kappa shape index (κ3) is 6.54. The molecule has 0 amide bonds. The lowest BCUT2D eigenvalue weighted by Gasteiger charge is -2.27. The summed E-state index contributed by atoms with van der Waals surface area (Å²) in [5.41, 5.74) is 0. The maximum Gasteiger partial charge on any atom is 0.191 e. The van der Waals surface area contributed by atoms with Crippen LogP contribution in [-0.2, 0) is 0 Å². The first-order valence-electron chi connectivity index (χ1n) is 7.99. The van der Waals surface area contributed by atoms with Crippen LogP contribution >= 0.6 is 35.7 Å². The normalized spacial score (nSPS) is 18.3. The highest BCUT2D eigenvalue weighted by Crippen LogP contribution is 2.24. The monoisotopic (exact) mass is 452 g/mol. The number of hydrogen-bond acceptors (Lipinski definition) is 4. The largest absolute Gasteiger partial charge is 0.468 e. The molecule has 1 aliphatic heterocycles. The standard InChI is InChI=1S/C16H28N4OS.HI/c1-13(22-3)11-18-16(17-2)19-12-14(15-7-6-10-21-15)20-8-4-5-9-20;/h6-7,10,13-14H,4-5,8-9,11-12H2,1-3H3,(H2,17,18,19);1H. The van der Waals surface area contributed by atoms with Crippen molar-refractivity contribution in [2.75, 3.05) is 39.5 Å². The molecule has 5 nitrogen and oxygen atoms in total. The van der Waals surface area contributed by atoms with E-state index in [4.69, 9.17) is 4.42 Å². The summed E-state index contributed by atoms with van der Waals surface area (Å²) in [7, 11) is 1.82. The first-order valence-corrected chi connectivity index (χ1v) is 9.28. The molecule has 23 heavy (non-hydrogen) atoms. The second kappa shape index (κ2) is 11.2. The molecule has 1 aliphatic rings. The Balaban J connectivity index is 0.00000264. The average Bonchev–Trinajstić information content (AvgIpc) is 3.24. The van der Waals surface area contributed by atoms with E-state index in [-0.39, 0.29) is 30.0 Å². The van der Waals surface area contributed by atoms with Crippen LogP contribution < -0.4 is 10.6 Å². The first kappa shape index (κ1) is 20.6. The number of rotatable bonds is 7. The van der Waals surface area contributed by atoms with Crippen LogP contribution in [-0.4, -0.2) is 55.6 Å². The Morgan fingerprint density at radius 2 is 2.04 bits per heavy atom. The van der Waals surface area contributed by atoms with Crippen LogP contribution in [0.25, 0.3) is 0 Å². The number of aliphatic imine (C=N–C) groups is 1. The minimum atomic E-state index is 0. The Morgan fingerprint density at radius 1 is 1.35 bits per heavy atom. The molecular weight excluding hydrogens is 423 g/mol. The Morgan fingerprint density at radius 3 is 2.61 bits per heavy atom. The number of nitrogens with zero attached hydrogens (tertiary/aromatic N) is 2. The maximum atomic E-state index is 5.64. The molecule has 1 fully saturated rings. The summed E-state index contributed by atoms with van der Waals surface area (Å²) in [6, 6.07) is 4.30. The van der Waals surface area contributed by atoms with Crippen molar-refractivity contribution in [2.45, 2.75) is 31.1 Å². The summed E-state index contributed by atoms with van der Waals surface area (Å²) in [6.07, 6.45) is 6.43. The molecule has 2 heterocycles. The molecule has 1 saturated heterocycles. The van der Waals surface area contributed by atoms with Crippen LogP contribution in [0, 0.1) is 0 Å². The summed E-state index contributed by atoms with van der Waals surface area (Å²) in [5, 5.41) is 7.39. The smallest absolute Gasteiger partial charge is 0.191 e. The fourth-order valence-corrected chi connectivity index (χ4v) is 2.93. The third-order valence-electron chi connectivity index (χ3n) is 4.10. The van der Waals surface area contributed by atoms with Crippen LogP contribution in [0.3, 0.4) is 0 Å². The number of hydrogen-bond donors (Lipinski definition) is 2. The number of nitrogens with one attached hydrogen (secondary N) is 2. The van der Waals surface area contributed by atoms with E-state index in [2.05, 4.69) is 39.8 Å². The zero-order valence-electron chi connectivity index (χ0n) is 14.2. The molecule has 0 saturated carbocycles. The van der Waals surface area contributed by atoms with Gasteiger partial charge in [0.25, 0.3) is 0 Å². The van der Waals surface area contributed by atoms with Crippen molar-refractivity contribution in [1.29, 1.82) is 0 Å². The summed E-state index contributed by atoms with van der Waals surface area (Å²) >= 11 is 1.85. The van der Waals surface area contributed by atoms with E-state index in [0.29, 0.717) is 5.25 Å². The van der Waals surface area contributed by atoms with Crippen molar-refractivity contribution in [2.24, 2.45) is 4.99 Å². The molecule has 2 rings (SSSR count). The van der Waals surface area contributed by atoms with Gasteiger partial charge in [0, 0.05) is 25.4 Å². The SMILES string of the molecule is CN=C(NCC(C)SC)NCC(c1ccco1)N1CCCC1.I. The van der Waals surface area contributed by atoms with Gasteiger partial charge in [0.1, 0.15) is 5.76 Å². The molecule has 1 aromatic rings. The van der Waals surface area contributed by atoms with Crippen LogP contribution in [0.5, 0.6) is 0 Å². The molecule has 1 aromatic heterocycles. The summed E-state index contributed by atoms with van der Waals surface area (Å²) in [4.78, 5) is 6.80. The van der Waals surface area contributed by atoms with E-state index in [0.717, 1.165) is 37.9 Å². The van der Waals surface area contributed by atoms with E-state index in [1.807, 2.05) is 24.9 Å². The fourth-order valence-electron chi connectivity index (χ4n) is 2.68. The Bertz CT molecular complexity index is 449. The molecule has 0 bridgehead atoms. The minimum Gasteiger partial charge on any atom is -0.468 e. The lowest BCUT2D eigenvalue weighted by Crippen LogP contribution is -2.44. The summed E-state index contributed by atoms with van der Waals surface area (Å²) < 4.78 is 5.64. The molecule has 0 aromatic carbocycles. The summed E-state index contributed by atoms with van der Waals surface area (Å²) in [6.45, 7) is 6.21. The quantitative estimate of drug-likeness (QED) is 0.379. The van der Waals surface area contributed by atoms with Gasteiger partial charge in [-0.3, -0.25) is 9.89 Å². The number of likely N-dealkylation sites (tertiary alicyclic amines) is 1. The fraction of sp³-hybridized carbons (Fsp3) is 0.688. The van der Waals surface area contributed by atoms with Crippen molar-refractivity contribution in [1.82, 2.24) is 15.5 Å². The van der Waals surface area contributed by atoms with E-state index < -0.39 is 0 Å². The lowest BCUT2D eigenvalue weighted by molar-refractivity contribution is 0.215. The van der Waals surface area contributed by atoms with Crippen molar-refractivity contribution in [3.05, 3.63) is 24.2 Å². The van der Waals surface area contributed by atoms with Crippen molar-refractivity contribution in [3.63, 3.8) is 0 Å². The van der Waals surface area contributed by atoms with Gasteiger partial charge in [-0.15, -0.1) is 24.0 Å². The molecular formula is C16H29IN4OS. The maximum absolute atomic E-state index is 5.64. The Kier molecular flexibility index (Phi) is 10.0. The highest BCUT2D eigenvalue weighted by atomic mass is 127. The number of thioether (sulfide) groups is 1. The van der Waals surface area contributed by atoms with Gasteiger partial charge in [-0.1, -0.05) is 6.92 Å². The highest BCUT2D eigenvalue weighted by Gasteiger charge is 2.25. The van der Waals surface area contributed by atoms with Crippen LogP contribution in [0.1, 0.15) is 31.6 Å². The van der Waals surface area contributed by atoms with Gasteiger partial charge < -0.3 is 15.1 Å². The van der Waals surface area contributed by atoms with E-state index in [9.17, 15) is 0 Å². The lowest BCUT2D eigenvalue weighted by atomic mass is 10.2. The van der Waals surface area contributed by atoms with Gasteiger partial charge in [-0.25, -0.2) is 0 Å². The number of furan rings is 1. The molecule has 0 spiro atoms. The van der Waals surface area contributed by atoms with Gasteiger partial charge >= 0.3 is 0 Å². The molecule has 2 unspecified atom stereocenters. The second-order valence-electron chi connectivity index (χ2n) is 5.65. The van der Waals surface area contributed by atoms with E-state index in [1.165, 1.54) is 12.8 Å². The van der Waals surface area contributed by atoms with Crippen molar-refractivity contribution >= 4 is 41.7 Å². The topological polar surface area (TPSA) is 52.8 Å². The minimum absolute atomic E-state index is 0. The summed E-state index contributed by atoms with van der Waals surface area (Å²) in [5.74, 6) is 1.89. The predicted molar refractivity (Wildman–Crippen MR) is 110 cm³/mol. The Labute approximate surface area is 161 Å². The van der Waals surface area contributed by atoms with Gasteiger partial charge in [0.2, 0.25) is 0 Å². The molecule has 132 valence electrons. The van der Waals surface area contributed by atoms with Crippen LogP contribution in [0.2, 0.25) is 0 Å². The van der Waals surface area contributed by atoms with Crippen LogP contribution in [0.15, 0.2) is 27.8 Å². The Hall–Kier alpha value is -0.410. The number of guanidine groups is 1. The van der Waals surface area contributed by atoms with Crippen molar-refractivity contribution in [3.8, 4) is 0 Å². The highest BCUT2D eigenvalue weighted by molar-refractivity contribution is 14.0. The average molecular weight is 452 g/mol. The zero-order chi connectivity index (χ0) is 15.8. The second-order valence-corrected chi connectivity index (χ2v) is 6.93. The molecule has 0 aliphatic carbocycles.